The summed E-state index contributed by atoms with van der Waals surface area (Å²) < 4.78 is 0. The second-order valence-corrected chi connectivity index (χ2v) is 3.10. The van der Waals surface area contributed by atoms with E-state index in [1.165, 1.54) is 12.8 Å². The van der Waals surface area contributed by atoms with Crippen LogP contribution in [0.5, 0.6) is 0 Å². The molecule has 9 heavy (non-hydrogen) atoms. The summed E-state index contributed by atoms with van der Waals surface area (Å²) in [6, 6.07) is 0.125. The van der Waals surface area contributed by atoms with Crippen molar-refractivity contribution in [1.82, 2.24) is 5.48 Å². The Morgan fingerprint density at radius 2 is 2.00 bits per heavy atom. The Balaban J connectivity index is 2.30. The van der Waals surface area contributed by atoms with Crippen molar-refractivity contribution in [3.63, 3.8) is 0 Å². The zero-order valence-corrected chi connectivity index (χ0v) is 6.06. The van der Waals surface area contributed by atoms with Crippen LogP contribution in [0.1, 0.15) is 25.7 Å². The van der Waals surface area contributed by atoms with Crippen LogP contribution in [0.3, 0.4) is 0 Å². The lowest BCUT2D eigenvalue weighted by atomic mass is 9.96. The van der Waals surface area contributed by atoms with Crippen molar-refractivity contribution < 1.29 is 5.21 Å². The molecule has 1 aliphatic carbocycles. The van der Waals surface area contributed by atoms with Crippen LogP contribution in [0.4, 0.5) is 0 Å². The maximum atomic E-state index is 8.53. The van der Waals surface area contributed by atoms with Crippen molar-refractivity contribution in [1.29, 1.82) is 0 Å². The van der Waals surface area contributed by atoms with Gasteiger partial charge in [-0.3, -0.25) is 0 Å². The van der Waals surface area contributed by atoms with Crippen molar-refractivity contribution in [3.05, 3.63) is 0 Å². The van der Waals surface area contributed by atoms with Gasteiger partial charge in [-0.1, -0.05) is 12.8 Å². The van der Waals surface area contributed by atoms with Crippen molar-refractivity contribution >= 4 is 11.6 Å². The minimum atomic E-state index is 0.125. The summed E-state index contributed by atoms with van der Waals surface area (Å²) in [6.07, 6.45) is 4.41. The topological polar surface area (TPSA) is 32.3 Å². The summed E-state index contributed by atoms with van der Waals surface area (Å²) in [4.78, 5) is 0. The number of hydroxylamine groups is 1. The Morgan fingerprint density at radius 3 is 2.44 bits per heavy atom. The SMILES string of the molecule is ON[C@@H]1CCCC[C@H]1Cl. The fourth-order valence-electron chi connectivity index (χ4n) is 1.23. The molecule has 0 heterocycles. The number of hydrogen-bond acceptors (Lipinski definition) is 2. The van der Waals surface area contributed by atoms with Crippen LogP contribution < -0.4 is 5.48 Å². The Kier molecular flexibility index (Phi) is 2.76. The first-order valence-electron chi connectivity index (χ1n) is 3.38. The number of nitrogens with one attached hydrogen (secondary N) is 1. The summed E-state index contributed by atoms with van der Waals surface area (Å²) in [6.45, 7) is 0. The Hall–Kier alpha value is 0.210. The van der Waals surface area contributed by atoms with Crippen LogP contribution in [0.15, 0.2) is 0 Å². The first kappa shape index (κ1) is 7.32. The molecule has 1 rings (SSSR count). The molecule has 2 atom stereocenters. The van der Waals surface area contributed by atoms with Gasteiger partial charge in [0.15, 0.2) is 0 Å². The van der Waals surface area contributed by atoms with Gasteiger partial charge in [0.1, 0.15) is 0 Å². The molecule has 1 saturated carbocycles. The molecule has 0 saturated heterocycles. The van der Waals surface area contributed by atoms with E-state index in [0.717, 1.165) is 12.8 Å². The van der Waals surface area contributed by atoms with E-state index in [0.29, 0.717) is 0 Å². The monoisotopic (exact) mass is 149 g/mol. The highest BCUT2D eigenvalue weighted by molar-refractivity contribution is 6.21. The van der Waals surface area contributed by atoms with Crippen molar-refractivity contribution in [2.45, 2.75) is 37.1 Å². The zero-order valence-electron chi connectivity index (χ0n) is 5.31. The second kappa shape index (κ2) is 3.40. The number of hydrogen-bond donors (Lipinski definition) is 2. The Labute approximate surface area is 60.2 Å². The van der Waals surface area contributed by atoms with Gasteiger partial charge in [-0.15, -0.1) is 11.6 Å². The van der Waals surface area contributed by atoms with Crippen LogP contribution >= 0.6 is 11.6 Å². The molecule has 3 heteroatoms. The van der Waals surface area contributed by atoms with E-state index in [-0.39, 0.29) is 11.4 Å². The van der Waals surface area contributed by atoms with Crippen LogP contribution in [0, 0.1) is 0 Å². The molecule has 0 radical (unpaired) electrons. The smallest absolute Gasteiger partial charge is 0.0512 e. The molecule has 0 aromatic rings. The lowest BCUT2D eigenvalue weighted by Crippen LogP contribution is -2.37. The molecule has 0 spiro atoms. The lowest BCUT2D eigenvalue weighted by molar-refractivity contribution is 0.109. The van der Waals surface area contributed by atoms with Gasteiger partial charge in [0.2, 0.25) is 0 Å². The van der Waals surface area contributed by atoms with Gasteiger partial charge in [-0.05, 0) is 12.8 Å². The minimum Gasteiger partial charge on any atom is -0.316 e. The molecule has 0 aromatic carbocycles. The fraction of sp³-hybridized carbons (Fsp3) is 1.00. The van der Waals surface area contributed by atoms with Crippen molar-refractivity contribution in [2.75, 3.05) is 0 Å². The molecular weight excluding hydrogens is 138 g/mol. The van der Waals surface area contributed by atoms with Gasteiger partial charge in [-0.25, -0.2) is 5.48 Å². The quantitative estimate of drug-likeness (QED) is 0.438. The first-order chi connectivity index (χ1) is 4.34. The fourth-order valence-corrected chi connectivity index (χ4v) is 1.57. The average molecular weight is 150 g/mol. The van der Waals surface area contributed by atoms with Crippen molar-refractivity contribution in [3.8, 4) is 0 Å². The highest BCUT2D eigenvalue weighted by atomic mass is 35.5. The first-order valence-corrected chi connectivity index (χ1v) is 3.82. The second-order valence-electron chi connectivity index (χ2n) is 2.54. The molecule has 54 valence electrons. The molecule has 1 aliphatic rings. The standard InChI is InChI=1S/C6H12ClNO/c7-5-3-1-2-4-6(5)8-9/h5-6,8-9H,1-4H2/t5-,6-/m1/s1. The third kappa shape index (κ3) is 1.81. The number of alkyl halides is 1. The third-order valence-corrected chi connectivity index (χ3v) is 2.37. The molecule has 0 aliphatic heterocycles. The van der Waals surface area contributed by atoms with Crippen LogP contribution in [0.25, 0.3) is 0 Å². The van der Waals surface area contributed by atoms with Gasteiger partial charge < -0.3 is 5.21 Å². The highest BCUT2D eigenvalue weighted by Crippen LogP contribution is 2.22. The highest BCUT2D eigenvalue weighted by Gasteiger charge is 2.21. The molecule has 0 amide bonds. The molecule has 2 N–H and O–H groups in total. The number of halogens is 1. The van der Waals surface area contributed by atoms with E-state index in [2.05, 4.69) is 5.48 Å². The van der Waals surface area contributed by atoms with E-state index in [9.17, 15) is 0 Å². The van der Waals surface area contributed by atoms with Gasteiger partial charge in [0.25, 0.3) is 0 Å². The van der Waals surface area contributed by atoms with E-state index in [4.69, 9.17) is 16.8 Å². The van der Waals surface area contributed by atoms with Gasteiger partial charge in [-0.2, -0.15) is 0 Å². The molecule has 2 nitrogen and oxygen atoms in total. The summed E-state index contributed by atoms with van der Waals surface area (Å²) in [7, 11) is 0. The van der Waals surface area contributed by atoms with E-state index < -0.39 is 0 Å². The van der Waals surface area contributed by atoms with Crippen LogP contribution in [-0.2, 0) is 0 Å². The van der Waals surface area contributed by atoms with Gasteiger partial charge >= 0.3 is 0 Å². The molecule has 0 unspecified atom stereocenters. The summed E-state index contributed by atoms with van der Waals surface area (Å²) in [5, 5.41) is 8.66. The predicted octanol–water partition coefficient (Wildman–Crippen LogP) is 1.52. The minimum absolute atomic E-state index is 0.125. The normalized spacial score (nSPS) is 36.7. The van der Waals surface area contributed by atoms with Gasteiger partial charge in [0.05, 0.1) is 5.38 Å². The van der Waals surface area contributed by atoms with E-state index >= 15 is 0 Å². The molecule has 1 fully saturated rings. The summed E-state index contributed by atoms with van der Waals surface area (Å²) in [5.74, 6) is 0. The summed E-state index contributed by atoms with van der Waals surface area (Å²) in [5.41, 5.74) is 2.22. The molecule has 0 aromatic heterocycles. The van der Waals surface area contributed by atoms with E-state index in [1.54, 1.807) is 0 Å². The maximum absolute atomic E-state index is 8.53. The Morgan fingerprint density at radius 1 is 1.33 bits per heavy atom. The molecule has 0 bridgehead atoms. The van der Waals surface area contributed by atoms with E-state index in [1.807, 2.05) is 0 Å². The maximum Gasteiger partial charge on any atom is 0.0512 e. The predicted molar refractivity (Wildman–Crippen MR) is 36.8 cm³/mol. The lowest BCUT2D eigenvalue weighted by Gasteiger charge is -2.24. The summed E-state index contributed by atoms with van der Waals surface area (Å²) >= 11 is 5.86. The average Bonchev–Trinajstić information content (AvgIpc) is 1.89. The Bertz CT molecular complexity index is 89.1. The molecular formula is C6H12ClNO. The number of rotatable bonds is 1. The third-order valence-electron chi connectivity index (χ3n) is 1.85. The van der Waals surface area contributed by atoms with Gasteiger partial charge in [0, 0.05) is 6.04 Å². The largest absolute Gasteiger partial charge is 0.316 e. The van der Waals surface area contributed by atoms with Crippen LogP contribution in [0.2, 0.25) is 0 Å². The zero-order chi connectivity index (χ0) is 6.69. The van der Waals surface area contributed by atoms with Crippen molar-refractivity contribution in [2.24, 2.45) is 0 Å². The van der Waals surface area contributed by atoms with Crippen LogP contribution in [-0.4, -0.2) is 16.6 Å².